The monoisotopic (exact) mass is 590 g/mol. The number of anilines is 1. The molecule has 0 saturated heterocycles. The maximum absolute atomic E-state index is 14.0. The van der Waals surface area contributed by atoms with E-state index in [1.807, 2.05) is 17.6 Å². The zero-order valence-electron chi connectivity index (χ0n) is 22.9. The van der Waals surface area contributed by atoms with E-state index in [9.17, 15) is 18.0 Å². The van der Waals surface area contributed by atoms with E-state index in [-0.39, 0.29) is 28.8 Å². The van der Waals surface area contributed by atoms with Gasteiger partial charge in [0.05, 0.1) is 18.0 Å². The third-order valence-electron chi connectivity index (χ3n) is 6.86. The molecule has 6 rings (SSSR count). The maximum Gasteiger partial charge on any atom is 0.417 e. The first kappa shape index (κ1) is 29.0. The quantitative estimate of drug-likeness (QED) is 0.265. The third kappa shape index (κ3) is 5.66. The minimum atomic E-state index is -4.68. The van der Waals surface area contributed by atoms with Gasteiger partial charge >= 0.3 is 6.18 Å². The number of fused-ring (bicyclic) bond motifs is 3. The molecule has 0 fully saturated rings. The first-order valence-electron chi connectivity index (χ1n) is 12.9. The summed E-state index contributed by atoms with van der Waals surface area (Å²) in [6.07, 6.45) is 0.373. The molecule has 1 aromatic heterocycles. The number of nitrogens with one attached hydrogen (secondary N) is 1. The van der Waals surface area contributed by atoms with Crippen molar-refractivity contribution >= 4 is 23.9 Å². The van der Waals surface area contributed by atoms with Gasteiger partial charge in [-0.2, -0.15) is 23.3 Å². The number of rotatable bonds is 4. The number of hydrogen-bond donors (Lipinski definition) is 3. The van der Waals surface area contributed by atoms with Gasteiger partial charge < -0.3 is 20.7 Å². The summed E-state index contributed by atoms with van der Waals surface area (Å²) >= 11 is 0. The lowest BCUT2D eigenvalue weighted by Gasteiger charge is -2.20. The molecule has 3 aromatic rings. The maximum atomic E-state index is 14.0. The molecule has 2 aromatic carbocycles. The van der Waals surface area contributed by atoms with Crippen molar-refractivity contribution in [3.8, 4) is 33.6 Å². The molecule has 0 unspecified atom stereocenters. The van der Waals surface area contributed by atoms with Crippen molar-refractivity contribution in [1.82, 2.24) is 24.3 Å². The van der Waals surface area contributed by atoms with E-state index < -0.39 is 17.6 Å². The van der Waals surface area contributed by atoms with Crippen LogP contribution in [0.2, 0.25) is 0 Å². The Bertz CT molecular complexity index is 1900. The van der Waals surface area contributed by atoms with Gasteiger partial charge in [-0.15, -0.1) is 0 Å². The minimum absolute atomic E-state index is 0.195. The van der Waals surface area contributed by atoms with Gasteiger partial charge in [-0.05, 0) is 47.9 Å². The van der Waals surface area contributed by atoms with E-state index in [1.165, 1.54) is 12.1 Å². The van der Waals surface area contributed by atoms with Crippen LogP contribution in [0.3, 0.4) is 0 Å². The molecule has 3 aliphatic rings. The molecule has 11 nitrogen and oxygen atoms in total. The van der Waals surface area contributed by atoms with Gasteiger partial charge in [0, 0.05) is 48.6 Å². The van der Waals surface area contributed by atoms with Crippen molar-refractivity contribution in [2.45, 2.75) is 19.6 Å². The van der Waals surface area contributed by atoms with Gasteiger partial charge in [0.1, 0.15) is 17.3 Å². The number of halogens is 3. The van der Waals surface area contributed by atoms with Crippen LogP contribution in [0.5, 0.6) is 0 Å². The second-order valence-corrected chi connectivity index (χ2v) is 9.64. The Morgan fingerprint density at radius 2 is 1.88 bits per heavy atom. The summed E-state index contributed by atoms with van der Waals surface area (Å²) in [5, 5.41) is 14.4. The summed E-state index contributed by atoms with van der Waals surface area (Å²) in [5.41, 5.74) is 8.34. The number of benzene rings is 2. The van der Waals surface area contributed by atoms with Gasteiger partial charge in [0.2, 0.25) is 5.91 Å². The highest BCUT2D eigenvalue weighted by molar-refractivity contribution is 6.01. The van der Waals surface area contributed by atoms with Crippen molar-refractivity contribution in [2.24, 2.45) is 17.8 Å². The highest BCUT2D eigenvalue weighted by Gasteiger charge is 2.35. The lowest BCUT2D eigenvalue weighted by Crippen LogP contribution is -2.17. The van der Waals surface area contributed by atoms with E-state index in [0.717, 1.165) is 28.6 Å². The Hall–Kier alpha value is -5.53. The van der Waals surface area contributed by atoms with Gasteiger partial charge in [-0.25, -0.2) is 9.98 Å². The van der Waals surface area contributed by atoms with Gasteiger partial charge in [0.15, 0.2) is 0 Å². The molecule has 1 amide bonds. The lowest BCUT2D eigenvalue weighted by molar-refractivity contribution is -0.137. The second kappa shape index (κ2) is 11.4. The molecular weight excluding hydrogens is 565 g/mol. The Kier molecular flexibility index (Phi) is 7.68. The standard InChI is InChI=1S/C28H23F3N8O.CH2O2/c1-15-6-7-16(23-19(24(32)40)4-3-5-22(23)28(29,30)31)10-20(15)21-11-17-12-34-27(36-18-13-35-38(2)14-18)37-25(17)39-9-8-33-26(21)39;2-1-3/h3-7,10-14,33H,8-9H2,1-2H3,(H2,32,40);1H,(H,2,3). The second-order valence-electron chi connectivity index (χ2n) is 9.64. The number of hydrogen-bond acceptors (Lipinski definition) is 7. The summed E-state index contributed by atoms with van der Waals surface area (Å²) in [5.74, 6) is 0.517. The first-order chi connectivity index (χ1) is 20.5. The Morgan fingerprint density at radius 1 is 1.14 bits per heavy atom. The zero-order valence-corrected chi connectivity index (χ0v) is 22.9. The molecule has 4 heterocycles. The van der Waals surface area contributed by atoms with Crippen molar-refractivity contribution in [3.63, 3.8) is 0 Å². The molecule has 0 radical (unpaired) electrons. The molecule has 43 heavy (non-hydrogen) atoms. The highest BCUT2D eigenvalue weighted by Crippen LogP contribution is 2.43. The fourth-order valence-corrected chi connectivity index (χ4v) is 5.07. The zero-order chi connectivity index (χ0) is 30.9. The molecule has 14 heteroatoms. The largest absolute Gasteiger partial charge is 0.483 e. The predicted octanol–water partition coefficient (Wildman–Crippen LogP) is 4.24. The van der Waals surface area contributed by atoms with Gasteiger partial charge in [-0.3, -0.25) is 14.3 Å². The topological polar surface area (TPSA) is 153 Å². The van der Waals surface area contributed by atoms with Crippen molar-refractivity contribution in [2.75, 3.05) is 11.9 Å². The van der Waals surface area contributed by atoms with Crippen LogP contribution in [0.15, 0.2) is 66.0 Å². The molecule has 0 saturated carbocycles. The van der Waals surface area contributed by atoms with Crippen LogP contribution in [0.4, 0.5) is 24.7 Å². The van der Waals surface area contributed by atoms with E-state index in [2.05, 4.69) is 25.4 Å². The van der Waals surface area contributed by atoms with Crippen molar-refractivity contribution in [1.29, 1.82) is 0 Å². The van der Waals surface area contributed by atoms with Crippen LogP contribution in [-0.4, -0.2) is 48.3 Å². The normalized spacial score (nSPS) is 12.8. The number of aryl methyl sites for hydroxylation is 2. The number of primary amides is 1. The average molecular weight is 591 g/mol. The van der Waals surface area contributed by atoms with Gasteiger partial charge in [0.25, 0.3) is 12.1 Å². The van der Waals surface area contributed by atoms with Crippen molar-refractivity contribution in [3.05, 3.63) is 83.4 Å². The number of nitrogens with zero attached hydrogens (tertiary/aromatic N) is 6. The van der Waals surface area contributed by atoms with Crippen LogP contribution in [0.25, 0.3) is 33.6 Å². The molecule has 0 aliphatic carbocycles. The molecule has 4 N–H and O–H groups in total. The van der Waals surface area contributed by atoms with E-state index in [0.29, 0.717) is 30.2 Å². The molecule has 220 valence electrons. The molecular formula is C29H25F3N8O3. The average Bonchev–Trinajstić information content (AvgIpc) is 3.62. The first-order valence-corrected chi connectivity index (χ1v) is 12.9. The van der Waals surface area contributed by atoms with E-state index in [4.69, 9.17) is 15.6 Å². The number of aromatic nitrogens is 5. The smallest absolute Gasteiger partial charge is 0.417 e. The summed E-state index contributed by atoms with van der Waals surface area (Å²) in [6, 6.07) is 10.3. The van der Waals surface area contributed by atoms with Gasteiger partial charge in [-0.1, -0.05) is 18.2 Å². The number of pyridine rings is 1. The third-order valence-corrected chi connectivity index (χ3v) is 6.86. The predicted molar refractivity (Wildman–Crippen MR) is 151 cm³/mol. The number of carbonyl (C=O) groups is 2. The number of carboxylic acid groups (broad SMARTS) is 1. The summed E-state index contributed by atoms with van der Waals surface area (Å²) in [4.78, 5) is 34.1. The lowest BCUT2D eigenvalue weighted by atomic mass is 9.89. The van der Waals surface area contributed by atoms with Crippen molar-refractivity contribution < 1.29 is 27.9 Å². The van der Waals surface area contributed by atoms with E-state index in [1.54, 1.807) is 48.5 Å². The summed E-state index contributed by atoms with van der Waals surface area (Å²) < 4.78 is 45.7. The Labute approximate surface area is 242 Å². The Balaban J connectivity index is 0.00000118. The molecule has 3 aliphatic heterocycles. The number of carbonyl (C=O) groups excluding carboxylic acids is 1. The number of amides is 1. The van der Waals surface area contributed by atoms with Crippen LogP contribution < -0.4 is 16.7 Å². The summed E-state index contributed by atoms with van der Waals surface area (Å²) in [6.45, 7) is 2.91. The van der Waals surface area contributed by atoms with Crippen LogP contribution in [0.1, 0.15) is 21.5 Å². The van der Waals surface area contributed by atoms with Crippen LogP contribution in [0, 0.1) is 6.92 Å². The fourth-order valence-electron chi connectivity index (χ4n) is 5.07. The van der Waals surface area contributed by atoms with E-state index >= 15 is 0 Å². The number of alkyl halides is 3. The molecule has 0 spiro atoms. The van der Waals surface area contributed by atoms with Crippen LogP contribution >= 0.6 is 0 Å². The fraction of sp³-hybridized carbons (Fsp3) is 0.172. The summed E-state index contributed by atoms with van der Waals surface area (Å²) in [7, 11) is 1.80. The molecule has 0 bridgehead atoms. The Morgan fingerprint density at radius 3 is 2.56 bits per heavy atom. The minimum Gasteiger partial charge on any atom is -0.483 e. The highest BCUT2D eigenvalue weighted by atomic mass is 19.4. The SMILES string of the molecule is Cc1ccc(-c2c(C(N)=O)cccc2C(F)(F)F)cc1-c1cc2cnc(=Nc3cnn(C)c3)nc-2n2c1NCC2.O=CO. The molecule has 0 atom stereocenters. The number of nitrogens with two attached hydrogens (primary N) is 1. The van der Waals surface area contributed by atoms with Crippen LogP contribution in [-0.2, 0) is 24.6 Å².